The van der Waals surface area contributed by atoms with Crippen LogP contribution in [-0.2, 0) is 19.4 Å². The van der Waals surface area contributed by atoms with Crippen LogP contribution in [-0.4, -0.2) is 32.5 Å². The van der Waals surface area contributed by atoms with Crippen LogP contribution in [0.15, 0.2) is 4.47 Å². The van der Waals surface area contributed by atoms with Crippen LogP contribution in [0.4, 0.5) is 0 Å². The monoisotopic (exact) mass is 318 g/mol. The van der Waals surface area contributed by atoms with Crippen molar-refractivity contribution in [2.24, 2.45) is 5.92 Å². The first-order valence-corrected chi connectivity index (χ1v) is 8.12. The molecule has 2 unspecified atom stereocenters. The number of aryl methyl sites for hydroxylation is 2. The van der Waals surface area contributed by atoms with Gasteiger partial charge in [0.25, 0.3) is 0 Å². The van der Waals surface area contributed by atoms with E-state index in [4.69, 9.17) is 0 Å². The van der Waals surface area contributed by atoms with Crippen LogP contribution >= 0.6 is 27.7 Å². The molecule has 0 radical (unpaired) electrons. The molecule has 0 aromatic carbocycles. The van der Waals surface area contributed by atoms with E-state index in [-0.39, 0.29) is 6.10 Å². The molecule has 5 heteroatoms. The Balaban J connectivity index is 2.21. The zero-order chi connectivity index (χ0) is 12.4. The fraction of sp³-hybridized carbons (Fsp3) is 0.750. The third kappa shape index (κ3) is 2.71. The summed E-state index contributed by atoms with van der Waals surface area (Å²) < 4.78 is 3.21. The van der Waals surface area contributed by atoms with Crippen LogP contribution in [0, 0.1) is 5.92 Å². The summed E-state index contributed by atoms with van der Waals surface area (Å²) in [6.45, 7) is 5.13. The lowest BCUT2D eigenvalue weighted by atomic mass is 10.00. The fourth-order valence-electron chi connectivity index (χ4n) is 2.24. The highest BCUT2D eigenvalue weighted by molar-refractivity contribution is 9.10. The van der Waals surface area contributed by atoms with E-state index in [0.717, 1.165) is 41.1 Å². The fourth-order valence-corrected chi connectivity index (χ4v) is 4.26. The van der Waals surface area contributed by atoms with E-state index in [9.17, 15) is 5.11 Å². The zero-order valence-corrected chi connectivity index (χ0v) is 12.7. The van der Waals surface area contributed by atoms with Gasteiger partial charge in [-0.15, -0.1) is 0 Å². The Bertz CT molecular complexity index is 394. The number of aromatic nitrogens is 2. The maximum absolute atomic E-state index is 9.90. The first-order chi connectivity index (χ1) is 8.17. The average Bonchev–Trinajstić information content (AvgIpc) is 2.86. The molecule has 0 amide bonds. The number of nitrogens with zero attached hydrogens (tertiary/aromatic N) is 2. The molecule has 0 bridgehead atoms. The molecular weight excluding hydrogens is 300 g/mol. The quantitative estimate of drug-likeness (QED) is 0.927. The summed E-state index contributed by atoms with van der Waals surface area (Å²) in [6, 6.07) is 0. The summed E-state index contributed by atoms with van der Waals surface area (Å²) in [6.07, 6.45) is 1.72. The smallest absolute Gasteiger partial charge is 0.0766 e. The van der Waals surface area contributed by atoms with Gasteiger partial charge in [0, 0.05) is 18.2 Å². The van der Waals surface area contributed by atoms with Crippen LogP contribution in [0.1, 0.15) is 25.2 Å². The second-order valence-corrected chi connectivity index (χ2v) is 6.31. The van der Waals surface area contributed by atoms with Gasteiger partial charge in [0.05, 0.1) is 22.0 Å². The summed E-state index contributed by atoms with van der Waals surface area (Å²) in [5, 5.41) is 14.5. The highest BCUT2D eigenvalue weighted by Crippen LogP contribution is 2.31. The van der Waals surface area contributed by atoms with Gasteiger partial charge < -0.3 is 5.11 Å². The Morgan fingerprint density at radius 2 is 2.24 bits per heavy atom. The van der Waals surface area contributed by atoms with Crippen molar-refractivity contribution in [3.05, 3.63) is 15.9 Å². The SMILES string of the molecule is CCc1nn(CC)c(CC2CSCC2O)c1Br. The highest BCUT2D eigenvalue weighted by atomic mass is 79.9. The van der Waals surface area contributed by atoms with Gasteiger partial charge in [0.2, 0.25) is 0 Å². The Morgan fingerprint density at radius 3 is 2.76 bits per heavy atom. The Labute approximate surface area is 115 Å². The minimum absolute atomic E-state index is 0.155. The Morgan fingerprint density at radius 1 is 1.47 bits per heavy atom. The number of aliphatic hydroxyl groups excluding tert-OH is 1. The summed E-state index contributed by atoms with van der Waals surface area (Å²) in [4.78, 5) is 0. The van der Waals surface area contributed by atoms with Crippen molar-refractivity contribution >= 4 is 27.7 Å². The molecular formula is C12H19BrN2OS. The predicted octanol–water partition coefficient (Wildman–Crippen LogP) is 2.49. The van der Waals surface area contributed by atoms with Gasteiger partial charge in [0.1, 0.15) is 0 Å². The second kappa shape index (κ2) is 5.76. The summed E-state index contributed by atoms with van der Waals surface area (Å²) in [7, 11) is 0. The third-order valence-electron chi connectivity index (χ3n) is 3.31. The molecule has 96 valence electrons. The molecule has 1 N–H and O–H groups in total. The highest BCUT2D eigenvalue weighted by Gasteiger charge is 2.28. The molecule has 1 saturated heterocycles. The number of hydrogen-bond donors (Lipinski definition) is 1. The third-order valence-corrected chi connectivity index (χ3v) is 5.47. The molecule has 2 rings (SSSR count). The van der Waals surface area contributed by atoms with Crippen LogP contribution in [0.25, 0.3) is 0 Å². The number of aliphatic hydroxyl groups is 1. The number of rotatable bonds is 4. The molecule has 17 heavy (non-hydrogen) atoms. The van der Waals surface area contributed by atoms with E-state index in [2.05, 4.69) is 39.6 Å². The van der Waals surface area contributed by atoms with Crippen molar-refractivity contribution in [3.8, 4) is 0 Å². The molecule has 0 spiro atoms. The van der Waals surface area contributed by atoms with Crippen molar-refractivity contribution in [1.29, 1.82) is 0 Å². The first kappa shape index (κ1) is 13.4. The maximum Gasteiger partial charge on any atom is 0.0766 e. The molecule has 1 aromatic rings. The topological polar surface area (TPSA) is 38.0 Å². The van der Waals surface area contributed by atoms with Crippen molar-refractivity contribution in [1.82, 2.24) is 9.78 Å². The predicted molar refractivity (Wildman–Crippen MR) is 75.5 cm³/mol. The van der Waals surface area contributed by atoms with Gasteiger partial charge in [-0.3, -0.25) is 4.68 Å². The molecule has 0 saturated carbocycles. The second-order valence-electron chi connectivity index (χ2n) is 4.45. The lowest BCUT2D eigenvalue weighted by Crippen LogP contribution is -2.21. The van der Waals surface area contributed by atoms with Crippen LogP contribution < -0.4 is 0 Å². The van der Waals surface area contributed by atoms with Gasteiger partial charge in [-0.25, -0.2) is 0 Å². The maximum atomic E-state index is 9.90. The summed E-state index contributed by atoms with van der Waals surface area (Å²) in [5.74, 6) is 2.32. The van der Waals surface area contributed by atoms with Gasteiger partial charge in [-0.2, -0.15) is 16.9 Å². The van der Waals surface area contributed by atoms with Crippen LogP contribution in [0.5, 0.6) is 0 Å². The summed E-state index contributed by atoms with van der Waals surface area (Å²) in [5.41, 5.74) is 2.37. The van der Waals surface area contributed by atoms with E-state index in [1.807, 2.05) is 11.8 Å². The van der Waals surface area contributed by atoms with Gasteiger partial charge >= 0.3 is 0 Å². The molecule has 1 aromatic heterocycles. The van der Waals surface area contributed by atoms with Gasteiger partial charge in [-0.05, 0) is 41.4 Å². The van der Waals surface area contributed by atoms with Crippen molar-refractivity contribution < 1.29 is 5.11 Å². The minimum Gasteiger partial charge on any atom is -0.392 e. The largest absolute Gasteiger partial charge is 0.392 e. The van der Waals surface area contributed by atoms with Crippen LogP contribution in [0.2, 0.25) is 0 Å². The van der Waals surface area contributed by atoms with E-state index in [1.165, 1.54) is 5.69 Å². The first-order valence-electron chi connectivity index (χ1n) is 6.17. The minimum atomic E-state index is -0.155. The normalized spacial score (nSPS) is 24.5. The molecule has 0 aliphatic carbocycles. The van der Waals surface area contributed by atoms with E-state index in [1.54, 1.807) is 0 Å². The van der Waals surface area contributed by atoms with Crippen LogP contribution in [0.3, 0.4) is 0 Å². The van der Waals surface area contributed by atoms with Gasteiger partial charge in [-0.1, -0.05) is 6.92 Å². The van der Waals surface area contributed by atoms with E-state index >= 15 is 0 Å². The van der Waals surface area contributed by atoms with E-state index < -0.39 is 0 Å². The van der Waals surface area contributed by atoms with Crippen molar-refractivity contribution in [2.75, 3.05) is 11.5 Å². The molecule has 1 aliphatic heterocycles. The zero-order valence-electron chi connectivity index (χ0n) is 10.3. The lowest BCUT2D eigenvalue weighted by molar-refractivity contribution is 0.148. The number of halogens is 1. The standard InChI is InChI=1S/C12H19BrN2OS/c1-3-9-12(13)10(15(4-2)14-9)5-8-6-17-7-11(8)16/h8,11,16H,3-7H2,1-2H3. The molecule has 2 atom stereocenters. The van der Waals surface area contributed by atoms with Crippen molar-refractivity contribution in [2.45, 2.75) is 39.3 Å². The van der Waals surface area contributed by atoms with E-state index in [0.29, 0.717) is 5.92 Å². The van der Waals surface area contributed by atoms with Crippen molar-refractivity contribution in [3.63, 3.8) is 0 Å². The number of thioether (sulfide) groups is 1. The number of hydrogen-bond acceptors (Lipinski definition) is 3. The molecule has 1 aliphatic rings. The Hall–Kier alpha value is -0.0000000000000000555. The lowest BCUT2D eigenvalue weighted by Gasteiger charge is -2.14. The average molecular weight is 319 g/mol. The summed E-state index contributed by atoms with van der Waals surface area (Å²) >= 11 is 5.50. The molecule has 1 fully saturated rings. The Kier molecular flexibility index (Phi) is 4.55. The molecule has 3 nitrogen and oxygen atoms in total. The molecule has 2 heterocycles. The van der Waals surface area contributed by atoms with Gasteiger partial charge in [0.15, 0.2) is 0 Å².